The number of unbranched alkanes of at least 4 members (excludes halogenated alkanes) is 1. The Morgan fingerprint density at radius 3 is 2.62 bits per heavy atom. The molecular formula is C23H33NO2. The summed E-state index contributed by atoms with van der Waals surface area (Å²) in [5.74, 6) is 2.13. The Hall–Kier alpha value is -1.77. The fourth-order valence-electron chi connectivity index (χ4n) is 4.21. The number of rotatable bonds is 5. The van der Waals surface area contributed by atoms with E-state index in [1.807, 2.05) is 0 Å². The van der Waals surface area contributed by atoms with E-state index in [1.165, 1.54) is 24.0 Å². The molecule has 0 spiro atoms. The number of fused-ring (bicyclic) bond motifs is 1. The van der Waals surface area contributed by atoms with Crippen LogP contribution in [0.3, 0.4) is 0 Å². The summed E-state index contributed by atoms with van der Waals surface area (Å²) in [5.41, 5.74) is 2.39. The molecule has 1 aromatic rings. The molecule has 0 fully saturated rings. The molecule has 0 saturated heterocycles. The molecule has 3 rings (SSSR count). The molecule has 0 unspecified atom stereocenters. The SMILES string of the molecule is CCCC[C@H]1c2ccccc2C=C(OC)[C@@]1(C)C1=N[C@@H](C(C)(C)C)CO1. The molecule has 26 heavy (non-hydrogen) atoms. The molecule has 3 atom stereocenters. The van der Waals surface area contributed by atoms with Crippen LogP contribution < -0.4 is 0 Å². The molecule has 1 aliphatic heterocycles. The summed E-state index contributed by atoms with van der Waals surface area (Å²) >= 11 is 0. The minimum atomic E-state index is -0.349. The Bertz CT molecular complexity index is 713. The largest absolute Gasteiger partial charge is 0.500 e. The van der Waals surface area contributed by atoms with E-state index in [1.54, 1.807) is 7.11 Å². The van der Waals surface area contributed by atoms with Gasteiger partial charge in [-0.05, 0) is 36.0 Å². The highest BCUT2D eigenvalue weighted by Gasteiger charge is 2.50. The zero-order chi connectivity index (χ0) is 18.9. The van der Waals surface area contributed by atoms with Crippen LogP contribution in [-0.2, 0) is 9.47 Å². The van der Waals surface area contributed by atoms with Crippen molar-refractivity contribution in [1.82, 2.24) is 0 Å². The third-order valence-corrected chi connectivity index (χ3v) is 6.03. The average molecular weight is 356 g/mol. The van der Waals surface area contributed by atoms with Crippen molar-refractivity contribution in [2.24, 2.45) is 15.8 Å². The van der Waals surface area contributed by atoms with Crippen LogP contribution in [0, 0.1) is 10.8 Å². The number of aliphatic imine (C=N–C) groups is 1. The molecule has 0 amide bonds. The van der Waals surface area contributed by atoms with Crippen molar-refractivity contribution >= 4 is 12.0 Å². The first-order chi connectivity index (χ1) is 12.3. The van der Waals surface area contributed by atoms with Crippen molar-refractivity contribution in [2.75, 3.05) is 13.7 Å². The first-order valence-electron chi connectivity index (χ1n) is 9.88. The van der Waals surface area contributed by atoms with E-state index in [0.717, 1.165) is 18.1 Å². The van der Waals surface area contributed by atoms with Gasteiger partial charge in [-0.2, -0.15) is 0 Å². The Labute approximate surface area is 158 Å². The van der Waals surface area contributed by atoms with Crippen LogP contribution >= 0.6 is 0 Å². The van der Waals surface area contributed by atoms with E-state index in [9.17, 15) is 0 Å². The monoisotopic (exact) mass is 355 g/mol. The zero-order valence-corrected chi connectivity index (χ0v) is 17.1. The van der Waals surface area contributed by atoms with Gasteiger partial charge in [-0.15, -0.1) is 0 Å². The summed E-state index contributed by atoms with van der Waals surface area (Å²) in [7, 11) is 1.77. The van der Waals surface area contributed by atoms with Gasteiger partial charge in [-0.1, -0.05) is 64.8 Å². The maximum absolute atomic E-state index is 6.22. The second-order valence-corrected chi connectivity index (χ2v) is 8.87. The van der Waals surface area contributed by atoms with Crippen molar-refractivity contribution in [2.45, 2.75) is 65.8 Å². The van der Waals surface area contributed by atoms with E-state index in [4.69, 9.17) is 14.5 Å². The molecule has 0 radical (unpaired) electrons. The molecule has 0 N–H and O–H groups in total. The highest BCUT2D eigenvalue weighted by Crippen LogP contribution is 2.52. The molecule has 142 valence electrons. The fraction of sp³-hybridized carbons (Fsp3) is 0.609. The lowest BCUT2D eigenvalue weighted by Crippen LogP contribution is -2.39. The van der Waals surface area contributed by atoms with Gasteiger partial charge in [0.05, 0.1) is 13.2 Å². The van der Waals surface area contributed by atoms with Crippen molar-refractivity contribution in [3.05, 3.63) is 41.2 Å². The Kier molecular flexibility index (Phi) is 5.18. The smallest absolute Gasteiger partial charge is 0.198 e. The van der Waals surface area contributed by atoms with E-state index in [-0.39, 0.29) is 16.9 Å². The average Bonchev–Trinajstić information content (AvgIpc) is 3.11. The van der Waals surface area contributed by atoms with Gasteiger partial charge in [-0.25, -0.2) is 4.99 Å². The van der Waals surface area contributed by atoms with E-state index < -0.39 is 0 Å². The maximum Gasteiger partial charge on any atom is 0.198 e. The summed E-state index contributed by atoms with van der Waals surface area (Å²) < 4.78 is 12.1. The summed E-state index contributed by atoms with van der Waals surface area (Å²) in [4.78, 5) is 5.06. The van der Waals surface area contributed by atoms with Gasteiger partial charge in [-0.3, -0.25) is 0 Å². The molecule has 0 saturated carbocycles. The lowest BCUT2D eigenvalue weighted by molar-refractivity contribution is 0.165. The Morgan fingerprint density at radius 1 is 1.27 bits per heavy atom. The third kappa shape index (κ3) is 3.17. The van der Waals surface area contributed by atoms with Crippen molar-refractivity contribution in [3.63, 3.8) is 0 Å². The van der Waals surface area contributed by atoms with Crippen LogP contribution in [0.2, 0.25) is 0 Å². The van der Waals surface area contributed by atoms with Crippen LogP contribution in [-0.4, -0.2) is 25.7 Å². The van der Waals surface area contributed by atoms with Gasteiger partial charge < -0.3 is 9.47 Å². The predicted molar refractivity (Wildman–Crippen MR) is 108 cm³/mol. The fourth-order valence-corrected chi connectivity index (χ4v) is 4.21. The summed E-state index contributed by atoms with van der Waals surface area (Å²) in [5, 5.41) is 0. The van der Waals surface area contributed by atoms with Crippen LogP contribution in [0.4, 0.5) is 0 Å². The van der Waals surface area contributed by atoms with E-state index >= 15 is 0 Å². The highest BCUT2D eigenvalue weighted by molar-refractivity contribution is 5.90. The summed E-state index contributed by atoms with van der Waals surface area (Å²) in [6.45, 7) is 11.9. The molecule has 1 aromatic carbocycles. The molecule has 2 aliphatic rings. The number of methoxy groups -OCH3 is 1. The predicted octanol–water partition coefficient (Wildman–Crippen LogP) is 5.81. The molecule has 0 bridgehead atoms. The number of hydrogen-bond donors (Lipinski definition) is 0. The second-order valence-electron chi connectivity index (χ2n) is 8.87. The first-order valence-corrected chi connectivity index (χ1v) is 9.88. The van der Waals surface area contributed by atoms with Gasteiger partial charge in [0, 0.05) is 5.92 Å². The number of hydrogen-bond acceptors (Lipinski definition) is 3. The normalized spacial score (nSPS) is 28.1. The standard InChI is InChI=1S/C23H33NO2/c1-7-8-13-18-17-12-10-9-11-16(17)14-20(25-6)23(18,5)21-24-19(15-26-21)22(2,3)4/h9-12,14,18-19H,7-8,13,15H2,1-6H3/t18-,19+,23-/m0/s1. The molecule has 0 aromatic heterocycles. The number of nitrogens with zero attached hydrogens (tertiary/aromatic N) is 1. The summed E-state index contributed by atoms with van der Waals surface area (Å²) in [6, 6.07) is 8.87. The van der Waals surface area contributed by atoms with Crippen molar-refractivity contribution < 1.29 is 9.47 Å². The molecular weight excluding hydrogens is 322 g/mol. The van der Waals surface area contributed by atoms with Crippen LogP contribution in [0.1, 0.15) is 70.9 Å². The van der Waals surface area contributed by atoms with E-state index in [0.29, 0.717) is 12.5 Å². The minimum Gasteiger partial charge on any atom is -0.500 e. The van der Waals surface area contributed by atoms with Crippen molar-refractivity contribution in [1.29, 1.82) is 0 Å². The Balaban J connectivity index is 2.10. The quantitative estimate of drug-likeness (QED) is 0.667. The van der Waals surface area contributed by atoms with Crippen LogP contribution in [0.25, 0.3) is 6.08 Å². The lowest BCUT2D eigenvalue weighted by Gasteiger charge is -2.41. The van der Waals surface area contributed by atoms with Crippen molar-refractivity contribution in [3.8, 4) is 0 Å². The lowest BCUT2D eigenvalue weighted by atomic mass is 9.65. The zero-order valence-electron chi connectivity index (χ0n) is 17.1. The maximum atomic E-state index is 6.22. The molecule has 1 aliphatic carbocycles. The third-order valence-electron chi connectivity index (χ3n) is 6.03. The van der Waals surface area contributed by atoms with Crippen LogP contribution in [0.5, 0.6) is 0 Å². The highest BCUT2D eigenvalue weighted by atomic mass is 16.5. The molecule has 1 heterocycles. The second kappa shape index (κ2) is 7.09. The van der Waals surface area contributed by atoms with E-state index in [2.05, 4.69) is 65.0 Å². The minimum absolute atomic E-state index is 0.0978. The van der Waals surface area contributed by atoms with Gasteiger partial charge >= 0.3 is 0 Å². The van der Waals surface area contributed by atoms with Gasteiger partial charge in [0.25, 0.3) is 0 Å². The number of ether oxygens (including phenoxy) is 2. The molecule has 3 heteroatoms. The Morgan fingerprint density at radius 2 is 2.00 bits per heavy atom. The molecule has 3 nitrogen and oxygen atoms in total. The van der Waals surface area contributed by atoms with Gasteiger partial charge in [0.2, 0.25) is 0 Å². The van der Waals surface area contributed by atoms with Gasteiger partial charge in [0.15, 0.2) is 5.90 Å². The topological polar surface area (TPSA) is 30.8 Å². The number of benzene rings is 1. The first kappa shape index (κ1) is 19.0. The van der Waals surface area contributed by atoms with Crippen LogP contribution in [0.15, 0.2) is 35.0 Å². The summed E-state index contributed by atoms with van der Waals surface area (Å²) in [6.07, 6.45) is 5.64. The van der Waals surface area contributed by atoms with Gasteiger partial charge in [0.1, 0.15) is 17.8 Å².